The van der Waals surface area contributed by atoms with Gasteiger partial charge in [0.15, 0.2) is 17.5 Å². The SMILES string of the molecule is COc1ccc(C(O)c2cc(F)c(F)c(F)c2)c(Cl)c1. The molecule has 20 heavy (non-hydrogen) atoms. The third kappa shape index (κ3) is 2.73. The lowest BCUT2D eigenvalue weighted by atomic mass is 10.0. The van der Waals surface area contributed by atoms with E-state index < -0.39 is 23.6 Å². The molecule has 0 fully saturated rings. The van der Waals surface area contributed by atoms with Crippen LogP contribution in [0.3, 0.4) is 0 Å². The van der Waals surface area contributed by atoms with Gasteiger partial charge in [0.25, 0.3) is 0 Å². The van der Waals surface area contributed by atoms with Crippen molar-refractivity contribution in [1.82, 2.24) is 0 Å². The Hall–Kier alpha value is -1.72. The summed E-state index contributed by atoms with van der Waals surface area (Å²) in [6.07, 6.45) is -1.38. The molecule has 1 atom stereocenters. The van der Waals surface area contributed by atoms with Gasteiger partial charge in [0, 0.05) is 5.56 Å². The summed E-state index contributed by atoms with van der Waals surface area (Å²) in [6, 6.07) is 5.91. The molecular weight excluding hydrogens is 293 g/mol. The van der Waals surface area contributed by atoms with Gasteiger partial charge in [-0.2, -0.15) is 0 Å². The minimum Gasteiger partial charge on any atom is -0.497 e. The van der Waals surface area contributed by atoms with Crippen LogP contribution in [-0.2, 0) is 0 Å². The summed E-state index contributed by atoms with van der Waals surface area (Å²) in [5.41, 5.74) is 0.103. The van der Waals surface area contributed by atoms with E-state index in [2.05, 4.69) is 0 Å². The second kappa shape index (κ2) is 5.73. The van der Waals surface area contributed by atoms with E-state index >= 15 is 0 Å². The topological polar surface area (TPSA) is 29.5 Å². The minimum absolute atomic E-state index is 0.131. The van der Waals surface area contributed by atoms with Gasteiger partial charge in [-0.3, -0.25) is 0 Å². The molecule has 0 spiro atoms. The van der Waals surface area contributed by atoms with Crippen LogP contribution in [-0.4, -0.2) is 12.2 Å². The molecule has 0 aliphatic heterocycles. The number of rotatable bonds is 3. The Kier molecular flexibility index (Phi) is 4.20. The van der Waals surface area contributed by atoms with Crippen LogP contribution in [0.1, 0.15) is 17.2 Å². The zero-order chi connectivity index (χ0) is 14.9. The van der Waals surface area contributed by atoms with E-state index in [-0.39, 0.29) is 16.1 Å². The quantitative estimate of drug-likeness (QED) is 0.873. The molecule has 106 valence electrons. The van der Waals surface area contributed by atoms with E-state index in [4.69, 9.17) is 16.3 Å². The first-order chi connectivity index (χ1) is 9.43. The van der Waals surface area contributed by atoms with Crippen molar-refractivity contribution in [3.05, 3.63) is 63.9 Å². The second-order valence-corrected chi connectivity index (χ2v) is 4.50. The Morgan fingerprint density at radius 3 is 2.20 bits per heavy atom. The van der Waals surface area contributed by atoms with Crippen molar-refractivity contribution < 1.29 is 23.0 Å². The maximum absolute atomic E-state index is 13.2. The molecule has 0 saturated heterocycles. The molecule has 0 heterocycles. The van der Waals surface area contributed by atoms with Gasteiger partial charge in [0.05, 0.1) is 12.1 Å². The average Bonchev–Trinajstić information content (AvgIpc) is 2.43. The summed E-state index contributed by atoms with van der Waals surface area (Å²) in [4.78, 5) is 0. The van der Waals surface area contributed by atoms with Gasteiger partial charge in [-0.15, -0.1) is 0 Å². The summed E-state index contributed by atoms with van der Waals surface area (Å²) in [5.74, 6) is -3.85. The lowest BCUT2D eigenvalue weighted by molar-refractivity contribution is 0.218. The monoisotopic (exact) mass is 302 g/mol. The summed E-state index contributed by atoms with van der Waals surface area (Å²) >= 11 is 5.96. The largest absolute Gasteiger partial charge is 0.497 e. The number of halogens is 4. The van der Waals surface area contributed by atoms with Gasteiger partial charge in [-0.1, -0.05) is 17.7 Å². The fourth-order valence-electron chi connectivity index (χ4n) is 1.77. The van der Waals surface area contributed by atoms with Crippen LogP contribution in [0.5, 0.6) is 5.75 Å². The van der Waals surface area contributed by atoms with Crippen LogP contribution in [0.2, 0.25) is 5.02 Å². The predicted molar refractivity (Wildman–Crippen MR) is 68.4 cm³/mol. The Balaban J connectivity index is 2.43. The smallest absolute Gasteiger partial charge is 0.194 e. The summed E-state index contributed by atoms with van der Waals surface area (Å²) in [5, 5.41) is 10.3. The molecule has 6 heteroatoms. The summed E-state index contributed by atoms with van der Waals surface area (Å²) in [6.45, 7) is 0. The number of aliphatic hydroxyl groups is 1. The maximum atomic E-state index is 13.2. The first kappa shape index (κ1) is 14.7. The van der Waals surface area contributed by atoms with E-state index in [9.17, 15) is 18.3 Å². The first-order valence-corrected chi connectivity index (χ1v) is 5.97. The predicted octanol–water partition coefficient (Wildman–Crippen LogP) is 3.85. The molecule has 0 saturated carbocycles. The van der Waals surface area contributed by atoms with Crippen LogP contribution in [0.4, 0.5) is 13.2 Å². The normalized spacial score (nSPS) is 12.3. The maximum Gasteiger partial charge on any atom is 0.194 e. The van der Waals surface area contributed by atoms with E-state index in [1.54, 1.807) is 6.07 Å². The van der Waals surface area contributed by atoms with Gasteiger partial charge >= 0.3 is 0 Å². The van der Waals surface area contributed by atoms with Crippen molar-refractivity contribution in [2.45, 2.75) is 6.10 Å². The van der Waals surface area contributed by atoms with Gasteiger partial charge in [-0.25, -0.2) is 13.2 Å². The Bertz CT molecular complexity index is 623. The highest BCUT2D eigenvalue weighted by molar-refractivity contribution is 6.31. The highest BCUT2D eigenvalue weighted by Crippen LogP contribution is 2.32. The molecule has 2 rings (SSSR count). The van der Waals surface area contributed by atoms with Crippen molar-refractivity contribution in [3.8, 4) is 5.75 Å². The second-order valence-electron chi connectivity index (χ2n) is 4.09. The van der Waals surface area contributed by atoms with Crippen LogP contribution >= 0.6 is 11.6 Å². The van der Waals surface area contributed by atoms with Crippen LogP contribution in [0, 0.1) is 17.5 Å². The van der Waals surface area contributed by atoms with Crippen molar-refractivity contribution in [1.29, 1.82) is 0 Å². The fourth-order valence-corrected chi connectivity index (χ4v) is 2.04. The van der Waals surface area contributed by atoms with Crippen LogP contribution < -0.4 is 4.74 Å². The minimum atomic E-state index is -1.58. The zero-order valence-electron chi connectivity index (χ0n) is 10.3. The molecular formula is C14H10ClF3O2. The third-order valence-electron chi connectivity index (χ3n) is 2.82. The molecule has 0 amide bonds. The number of benzene rings is 2. The first-order valence-electron chi connectivity index (χ1n) is 5.60. The van der Waals surface area contributed by atoms with Crippen LogP contribution in [0.15, 0.2) is 30.3 Å². The number of ether oxygens (including phenoxy) is 1. The molecule has 2 aromatic rings. The van der Waals surface area contributed by atoms with Gasteiger partial charge < -0.3 is 9.84 Å². The van der Waals surface area contributed by atoms with E-state index in [0.717, 1.165) is 12.1 Å². The molecule has 0 aromatic heterocycles. The molecule has 0 aliphatic rings. The molecule has 0 radical (unpaired) electrons. The lowest BCUT2D eigenvalue weighted by Gasteiger charge is -2.14. The molecule has 1 unspecified atom stereocenters. The third-order valence-corrected chi connectivity index (χ3v) is 3.15. The van der Waals surface area contributed by atoms with E-state index in [1.165, 1.54) is 19.2 Å². The number of hydrogen-bond donors (Lipinski definition) is 1. The van der Waals surface area contributed by atoms with Crippen molar-refractivity contribution in [3.63, 3.8) is 0 Å². The van der Waals surface area contributed by atoms with Crippen LogP contribution in [0.25, 0.3) is 0 Å². The average molecular weight is 303 g/mol. The fraction of sp³-hybridized carbons (Fsp3) is 0.143. The summed E-state index contributed by atoms with van der Waals surface area (Å²) in [7, 11) is 1.45. The highest BCUT2D eigenvalue weighted by Gasteiger charge is 2.19. The number of aliphatic hydroxyl groups excluding tert-OH is 1. The van der Waals surface area contributed by atoms with Crippen molar-refractivity contribution in [2.75, 3.05) is 7.11 Å². The highest BCUT2D eigenvalue weighted by atomic mass is 35.5. The lowest BCUT2D eigenvalue weighted by Crippen LogP contribution is -2.04. The van der Waals surface area contributed by atoms with E-state index in [1.807, 2.05) is 0 Å². The standard InChI is InChI=1S/C14H10ClF3O2/c1-20-8-2-3-9(10(15)6-8)14(19)7-4-11(16)13(18)12(17)5-7/h2-6,14,19H,1H3. The summed E-state index contributed by atoms with van der Waals surface area (Å²) < 4.78 is 44.1. The molecule has 2 nitrogen and oxygen atoms in total. The van der Waals surface area contributed by atoms with Crippen molar-refractivity contribution in [2.24, 2.45) is 0 Å². The number of hydrogen-bond acceptors (Lipinski definition) is 2. The molecule has 2 aromatic carbocycles. The Labute approximate surface area is 118 Å². The molecule has 0 bridgehead atoms. The van der Waals surface area contributed by atoms with E-state index in [0.29, 0.717) is 5.75 Å². The Morgan fingerprint density at radius 2 is 1.70 bits per heavy atom. The van der Waals surface area contributed by atoms with Crippen molar-refractivity contribution >= 4 is 11.6 Å². The Morgan fingerprint density at radius 1 is 1.10 bits per heavy atom. The zero-order valence-corrected chi connectivity index (χ0v) is 11.1. The molecule has 0 aliphatic carbocycles. The van der Waals surface area contributed by atoms with Gasteiger partial charge in [-0.05, 0) is 29.8 Å². The van der Waals surface area contributed by atoms with Gasteiger partial charge in [0.2, 0.25) is 0 Å². The van der Waals surface area contributed by atoms with Gasteiger partial charge in [0.1, 0.15) is 11.9 Å². The number of methoxy groups -OCH3 is 1. The molecule has 1 N–H and O–H groups in total.